The van der Waals surface area contributed by atoms with E-state index in [1.54, 1.807) is 12.1 Å². The third kappa shape index (κ3) is 3.69. The van der Waals surface area contributed by atoms with Gasteiger partial charge in [0.25, 0.3) is 0 Å². The summed E-state index contributed by atoms with van der Waals surface area (Å²) in [5, 5.41) is 4.18. The number of rotatable bonds is 4. The zero-order valence-electron chi connectivity index (χ0n) is 10.5. The maximum absolute atomic E-state index is 13.3. The summed E-state index contributed by atoms with van der Waals surface area (Å²) in [4.78, 5) is 0. The Kier molecular flexibility index (Phi) is 4.81. The molecule has 1 nitrogen and oxygen atoms in total. The molecule has 0 fully saturated rings. The normalized spacial score (nSPS) is 12.4. The summed E-state index contributed by atoms with van der Waals surface area (Å²) in [5.41, 5.74) is 1.87. The molecule has 0 unspecified atom stereocenters. The SMILES string of the molecule is C[C@@H](NCc1ccc(Cl)c(F)c1)c1ccccc1Cl. The van der Waals surface area contributed by atoms with E-state index in [4.69, 9.17) is 23.2 Å². The Morgan fingerprint density at radius 2 is 1.84 bits per heavy atom. The highest BCUT2D eigenvalue weighted by Gasteiger charge is 2.09. The molecule has 1 N–H and O–H groups in total. The molecule has 2 aromatic carbocycles. The van der Waals surface area contributed by atoms with Crippen molar-refractivity contribution in [2.45, 2.75) is 19.5 Å². The van der Waals surface area contributed by atoms with E-state index >= 15 is 0 Å². The second-order valence-corrected chi connectivity index (χ2v) is 5.19. The quantitative estimate of drug-likeness (QED) is 0.839. The third-order valence-corrected chi connectivity index (χ3v) is 3.62. The fourth-order valence-electron chi connectivity index (χ4n) is 1.86. The van der Waals surface area contributed by atoms with E-state index in [-0.39, 0.29) is 11.1 Å². The molecule has 4 heteroatoms. The summed E-state index contributed by atoms with van der Waals surface area (Å²) in [5.74, 6) is -0.397. The largest absolute Gasteiger partial charge is 0.306 e. The minimum Gasteiger partial charge on any atom is -0.306 e. The number of hydrogen-bond donors (Lipinski definition) is 1. The Hall–Kier alpha value is -1.09. The van der Waals surface area contributed by atoms with E-state index in [1.165, 1.54) is 6.07 Å². The first-order chi connectivity index (χ1) is 9.08. The van der Waals surface area contributed by atoms with Crippen LogP contribution in [0.5, 0.6) is 0 Å². The van der Waals surface area contributed by atoms with Gasteiger partial charge in [0, 0.05) is 17.6 Å². The van der Waals surface area contributed by atoms with Crippen LogP contribution < -0.4 is 5.32 Å². The minimum atomic E-state index is -0.397. The topological polar surface area (TPSA) is 12.0 Å². The van der Waals surface area contributed by atoms with Crippen LogP contribution in [0.3, 0.4) is 0 Å². The first-order valence-corrected chi connectivity index (χ1v) is 6.75. The van der Waals surface area contributed by atoms with Crippen LogP contribution in [0.1, 0.15) is 24.1 Å². The highest BCUT2D eigenvalue weighted by atomic mass is 35.5. The fraction of sp³-hybridized carbons (Fsp3) is 0.200. The molecule has 0 aliphatic rings. The molecule has 19 heavy (non-hydrogen) atoms. The molecule has 2 rings (SSSR count). The van der Waals surface area contributed by atoms with Crippen LogP contribution in [0.25, 0.3) is 0 Å². The van der Waals surface area contributed by atoms with Crippen molar-refractivity contribution >= 4 is 23.2 Å². The van der Waals surface area contributed by atoms with Crippen molar-refractivity contribution in [1.29, 1.82) is 0 Å². The second kappa shape index (κ2) is 6.38. The van der Waals surface area contributed by atoms with Gasteiger partial charge in [0.05, 0.1) is 5.02 Å². The Morgan fingerprint density at radius 1 is 1.11 bits per heavy atom. The zero-order chi connectivity index (χ0) is 13.8. The lowest BCUT2D eigenvalue weighted by atomic mass is 10.1. The molecular weight excluding hydrogens is 284 g/mol. The molecule has 0 bridgehead atoms. The van der Waals surface area contributed by atoms with Gasteiger partial charge >= 0.3 is 0 Å². The van der Waals surface area contributed by atoms with Crippen LogP contribution >= 0.6 is 23.2 Å². The van der Waals surface area contributed by atoms with Crippen LogP contribution in [0.4, 0.5) is 4.39 Å². The number of halogens is 3. The van der Waals surface area contributed by atoms with Gasteiger partial charge in [0.1, 0.15) is 5.82 Å². The summed E-state index contributed by atoms with van der Waals surface area (Å²) in [6.45, 7) is 2.58. The summed E-state index contributed by atoms with van der Waals surface area (Å²) in [7, 11) is 0. The zero-order valence-corrected chi connectivity index (χ0v) is 12.0. The third-order valence-electron chi connectivity index (χ3n) is 2.97. The van der Waals surface area contributed by atoms with Crippen LogP contribution in [-0.2, 0) is 6.54 Å². The first-order valence-electron chi connectivity index (χ1n) is 5.99. The molecule has 2 aromatic rings. The predicted molar refractivity (Wildman–Crippen MR) is 78.1 cm³/mol. The molecule has 1 atom stereocenters. The monoisotopic (exact) mass is 297 g/mol. The summed E-state index contributed by atoms with van der Waals surface area (Å²) in [6.07, 6.45) is 0. The Balaban J connectivity index is 2.02. The average Bonchev–Trinajstić information content (AvgIpc) is 2.40. The van der Waals surface area contributed by atoms with E-state index < -0.39 is 5.82 Å². The average molecular weight is 298 g/mol. The highest BCUT2D eigenvalue weighted by molar-refractivity contribution is 6.31. The number of hydrogen-bond acceptors (Lipinski definition) is 1. The van der Waals surface area contributed by atoms with Crippen LogP contribution in [-0.4, -0.2) is 0 Å². The van der Waals surface area contributed by atoms with Gasteiger partial charge in [-0.25, -0.2) is 4.39 Å². The van der Waals surface area contributed by atoms with Crippen LogP contribution in [0.2, 0.25) is 10.0 Å². The lowest BCUT2D eigenvalue weighted by Gasteiger charge is -2.15. The maximum atomic E-state index is 13.3. The van der Waals surface area contributed by atoms with Crippen molar-refractivity contribution in [3.8, 4) is 0 Å². The van der Waals surface area contributed by atoms with E-state index in [9.17, 15) is 4.39 Å². The van der Waals surface area contributed by atoms with Gasteiger partial charge in [0.15, 0.2) is 0 Å². The Morgan fingerprint density at radius 3 is 2.53 bits per heavy atom. The van der Waals surface area contributed by atoms with Crippen LogP contribution in [0, 0.1) is 5.82 Å². The molecule has 0 spiro atoms. The van der Waals surface area contributed by atoms with E-state index in [0.717, 1.165) is 16.1 Å². The molecule has 100 valence electrons. The van der Waals surface area contributed by atoms with Gasteiger partial charge in [-0.2, -0.15) is 0 Å². The van der Waals surface area contributed by atoms with Crippen molar-refractivity contribution in [3.63, 3.8) is 0 Å². The Bertz CT molecular complexity index is 572. The minimum absolute atomic E-state index is 0.0902. The molecular formula is C15H14Cl2FN. The van der Waals surface area contributed by atoms with E-state index in [0.29, 0.717) is 6.54 Å². The van der Waals surface area contributed by atoms with Crippen molar-refractivity contribution < 1.29 is 4.39 Å². The first kappa shape index (κ1) is 14.3. The van der Waals surface area contributed by atoms with Gasteiger partial charge in [-0.3, -0.25) is 0 Å². The predicted octanol–water partition coefficient (Wildman–Crippen LogP) is 4.98. The number of benzene rings is 2. The number of nitrogens with one attached hydrogen (secondary N) is 1. The standard InChI is InChI=1S/C15H14Cl2FN/c1-10(12-4-2-3-5-13(12)16)19-9-11-6-7-14(17)15(18)8-11/h2-8,10,19H,9H2,1H3/t10-/m1/s1. The Labute approximate surface area is 122 Å². The molecule has 0 radical (unpaired) electrons. The molecule has 0 aliphatic carbocycles. The van der Waals surface area contributed by atoms with E-state index in [1.807, 2.05) is 31.2 Å². The van der Waals surface area contributed by atoms with Crippen molar-refractivity contribution in [3.05, 3.63) is 69.5 Å². The molecule has 0 aromatic heterocycles. The van der Waals surface area contributed by atoms with Gasteiger partial charge in [0.2, 0.25) is 0 Å². The summed E-state index contributed by atoms with van der Waals surface area (Å²) >= 11 is 11.8. The molecule has 0 saturated carbocycles. The van der Waals surface area contributed by atoms with Gasteiger partial charge in [-0.05, 0) is 36.2 Å². The molecule has 0 heterocycles. The summed E-state index contributed by atoms with van der Waals surface area (Å²) in [6, 6.07) is 12.6. The maximum Gasteiger partial charge on any atom is 0.142 e. The van der Waals surface area contributed by atoms with Gasteiger partial charge < -0.3 is 5.32 Å². The van der Waals surface area contributed by atoms with Crippen LogP contribution in [0.15, 0.2) is 42.5 Å². The van der Waals surface area contributed by atoms with Crippen molar-refractivity contribution in [2.75, 3.05) is 0 Å². The molecule has 0 aliphatic heterocycles. The smallest absolute Gasteiger partial charge is 0.142 e. The van der Waals surface area contributed by atoms with E-state index in [2.05, 4.69) is 5.32 Å². The fourth-order valence-corrected chi connectivity index (χ4v) is 2.27. The van der Waals surface area contributed by atoms with Gasteiger partial charge in [-0.15, -0.1) is 0 Å². The molecule has 0 amide bonds. The second-order valence-electron chi connectivity index (χ2n) is 4.37. The van der Waals surface area contributed by atoms with Crippen molar-refractivity contribution in [1.82, 2.24) is 5.32 Å². The lowest BCUT2D eigenvalue weighted by molar-refractivity contribution is 0.569. The molecule has 0 saturated heterocycles. The summed E-state index contributed by atoms with van der Waals surface area (Å²) < 4.78 is 13.3. The van der Waals surface area contributed by atoms with Gasteiger partial charge in [-0.1, -0.05) is 47.5 Å². The highest BCUT2D eigenvalue weighted by Crippen LogP contribution is 2.22. The lowest BCUT2D eigenvalue weighted by Crippen LogP contribution is -2.18. The van der Waals surface area contributed by atoms with Crippen molar-refractivity contribution in [2.24, 2.45) is 0 Å².